The van der Waals surface area contributed by atoms with Crippen LogP contribution in [0.15, 0.2) is 205 Å². The van der Waals surface area contributed by atoms with Crippen LogP contribution in [0.4, 0.5) is 17.1 Å². The van der Waals surface area contributed by atoms with E-state index in [0.29, 0.717) is 0 Å². The third-order valence-corrected chi connectivity index (χ3v) is 12.1. The minimum Gasteiger partial charge on any atom is -0.455 e. The highest BCUT2D eigenvalue weighted by Crippen LogP contribution is 2.51. The highest BCUT2D eigenvalue weighted by molar-refractivity contribution is 6.19. The molecule has 0 amide bonds. The molecular weight excluding hydrogens is 691 g/mol. The Morgan fingerprint density at radius 2 is 0.982 bits per heavy atom. The molecule has 0 radical (unpaired) electrons. The second kappa shape index (κ2) is 13.0. The highest BCUT2D eigenvalue weighted by Gasteiger charge is 2.35. The molecule has 1 aromatic heterocycles. The Morgan fingerprint density at radius 3 is 1.77 bits per heavy atom. The van der Waals surface area contributed by atoms with Crippen LogP contribution in [-0.4, -0.2) is 0 Å². The van der Waals surface area contributed by atoms with Crippen molar-refractivity contribution < 1.29 is 4.42 Å². The molecular formula is C55H39NO. The predicted molar refractivity (Wildman–Crippen MR) is 240 cm³/mol. The standard InChI is InChI=1S/C55H39NO/c1-55(2)50-20-9-8-18-47(50)48-33-31-44(35-51(48)55)56(42-27-22-37(23-28-42)41-16-10-15-40(34-41)36-12-4-3-5-13-36)43-29-24-39(25-30-43)45-19-11-21-52-53(45)49-32-26-38-14-6-7-17-46(38)54(49)57-52/h3-35H,1-2H3. The fourth-order valence-electron chi connectivity index (χ4n) is 9.17. The van der Waals surface area contributed by atoms with Gasteiger partial charge in [0.2, 0.25) is 0 Å². The van der Waals surface area contributed by atoms with Gasteiger partial charge in [-0.3, -0.25) is 0 Å². The molecule has 1 aliphatic carbocycles. The van der Waals surface area contributed by atoms with E-state index in [-0.39, 0.29) is 5.41 Å². The Hall–Kier alpha value is -7.16. The van der Waals surface area contributed by atoms with Crippen molar-refractivity contribution in [2.24, 2.45) is 0 Å². The summed E-state index contributed by atoms with van der Waals surface area (Å²) in [5, 5.41) is 4.61. The van der Waals surface area contributed by atoms with E-state index in [0.717, 1.165) is 50.0 Å². The summed E-state index contributed by atoms with van der Waals surface area (Å²) in [6.07, 6.45) is 0. The number of hydrogen-bond acceptors (Lipinski definition) is 2. The zero-order valence-corrected chi connectivity index (χ0v) is 31.9. The summed E-state index contributed by atoms with van der Waals surface area (Å²) in [6, 6.07) is 72.6. The lowest BCUT2D eigenvalue weighted by molar-refractivity contribution is 0.660. The van der Waals surface area contributed by atoms with Crippen molar-refractivity contribution in [1.29, 1.82) is 0 Å². The summed E-state index contributed by atoms with van der Waals surface area (Å²) >= 11 is 0. The number of benzene rings is 9. The van der Waals surface area contributed by atoms with Crippen LogP contribution < -0.4 is 4.90 Å². The van der Waals surface area contributed by atoms with Gasteiger partial charge in [-0.25, -0.2) is 0 Å². The summed E-state index contributed by atoms with van der Waals surface area (Å²) in [6.45, 7) is 4.70. The molecule has 0 bridgehead atoms. The maximum absolute atomic E-state index is 6.54. The van der Waals surface area contributed by atoms with E-state index in [1.54, 1.807) is 0 Å². The zero-order chi connectivity index (χ0) is 38.1. The Balaban J connectivity index is 1.02. The molecule has 1 heterocycles. The van der Waals surface area contributed by atoms with Gasteiger partial charge in [0.15, 0.2) is 0 Å². The van der Waals surface area contributed by atoms with E-state index < -0.39 is 0 Å². The summed E-state index contributed by atoms with van der Waals surface area (Å²) < 4.78 is 6.54. The topological polar surface area (TPSA) is 16.4 Å². The lowest BCUT2D eigenvalue weighted by Gasteiger charge is -2.28. The molecule has 0 spiro atoms. The lowest BCUT2D eigenvalue weighted by Crippen LogP contribution is -2.16. The third kappa shape index (κ3) is 5.40. The number of hydrogen-bond donors (Lipinski definition) is 0. The first-order valence-electron chi connectivity index (χ1n) is 19.8. The van der Waals surface area contributed by atoms with Crippen LogP contribution in [0.3, 0.4) is 0 Å². The summed E-state index contributed by atoms with van der Waals surface area (Å²) in [5.74, 6) is 0. The molecule has 57 heavy (non-hydrogen) atoms. The Labute approximate surface area is 332 Å². The number of furan rings is 1. The van der Waals surface area contributed by atoms with Gasteiger partial charge >= 0.3 is 0 Å². The second-order valence-electron chi connectivity index (χ2n) is 15.7. The van der Waals surface area contributed by atoms with E-state index in [4.69, 9.17) is 4.42 Å². The van der Waals surface area contributed by atoms with Crippen LogP contribution >= 0.6 is 0 Å². The second-order valence-corrected chi connectivity index (χ2v) is 15.7. The normalized spacial score (nSPS) is 12.9. The molecule has 11 rings (SSSR count). The van der Waals surface area contributed by atoms with Crippen LogP contribution in [0.5, 0.6) is 0 Å². The largest absolute Gasteiger partial charge is 0.455 e. The number of anilines is 3. The number of fused-ring (bicyclic) bond motifs is 8. The van der Waals surface area contributed by atoms with Crippen molar-refractivity contribution in [1.82, 2.24) is 0 Å². The molecule has 270 valence electrons. The van der Waals surface area contributed by atoms with Crippen LogP contribution in [0.25, 0.3) is 77.2 Å². The first-order chi connectivity index (χ1) is 28.0. The van der Waals surface area contributed by atoms with E-state index in [1.165, 1.54) is 55.5 Å². The first-order valence-corrected chi connectivity index (χ1v) is 19.8. The van der Waals surface area contributed by atoms with Crippen molar-refractivity contribution in [2.75, 3.05) is 4.90 Å². The van der Waals surface area contributed by atoms with E-state index in [1.807, 2.05) is 0 Å². The van der Waals surface area contributed by atoms with E-state index in [9.17, 15) is 0 Å². The maximum atomic E-state index is 6.54. The smallest absolute Gasteiger partial charge is 0.143 e. The van der Waals surface area contributed by atoms with Gasteiger partial charge in [-0.05, 0) is 116 Å². The molecule has 2 nitrogen and oxygen atoms in total. The van der Waals surface area contributed by atoms with Gasteiger partial charge < -0.3 is 9.32 Å². The summed E-state index contributed by atoms with van der Waals surface area (Å²) in [7, 11) is 0. The fraction of sp³-hybridized carbons (Fsp3) is 0.0545. The molecule has 9 aromatic carbocycles. The van der Waals surface area contributed by atoms with Crippen LogP contribution in [0.2, 0.25) is 0 Å². The van der Waals surface area contributed by atoms with Gasteiger partial charge in [0, 0.05) is 38.6 Å². The van der Waals surface area contributed by atoms with Crippen LogP contribution in [0.1, 0.15) is 25.0 Å². The van der Waals surface area contributed by atoms with Crippen molar-refractivity contribution in [3.8, 4) is 44.5 Å². The molecule has 0 saturated carbocycles. The summed E-state index contributed by atoms with van der Waals surface area (Å²) in [5.41, 5.74) is 17.6. The molecule has 0 saturated heterocycles. The quantitative estimate of drug-likeness (QED) is 0.169. The Bertz CT molecular complexity index is 3130. The average molecular weight is 730 g/mol. The predicted octanol–water partition coefficient (Wildman–Crippen LogP) is 15.5. The molecule has 10 aromatic rings. The van der Waals surface area contributed by atoms with Gasteiger partial charge in [-0.1, -0.05) is 159 Å². The fourth-order valence-corrected chi connectivity index (χ4v) is 9.17. The minimum atomic E-state index is -0.109. The van der Waals surface area contributed by atoms with Gasteiger partial charge in [0.1, 0.15) is 11.2 Å². The Morgan fingerprint density at radius 1 is 0.386 bits per heavy atom. The Kier molecular flexibility index (Phi) is 7.55. The number of nitrogens with zero attached hydrogens (tertiary/aromatic N) is 1. The molecule has 2 heteroatoms. The van der Waals surface area contributed by atoms with Gasteiger partial charge in [0.25, 0.3) is 0 Å². The van der Waals surface area contributed by atoms with E-state index >= 15 is 0 Å². The average Bonchev–Trinajstić information content (AvgIpc) is 3.77. The zero-order valence-electron chi connectivity index (χ0n) is 31.9. The lowest BCUT2D eigenvalue weighted by atomic mass is 9.82. The molecule has 0 aliphatic heterocycles. The van der Waals surface area contributed by atoms with Gasteiger partial charge in [-0.15, -0.1) is 0 Å². The molecule has 1 aliphatic rings. The minimum absolute atomic E-state index is 0.109. The van der Waals surface area contributed by atoms with Crippen molar-refractivity contribution in [3.63, 3.8) is 0 Å². The maximum Gasteiger partial charge on any atom is 0.143 e. The van der Waals surface area contributed by atoms with Crippen LogP contribution in [0, 0.1) is 0 Å². The van der Waals surface area contributed by atoms with Gasteiger partial charge in [0.05, 0.1) is 0 Å². The molecule has 0 unspecified atom stereocenters. The molecule has 0 N–H and O–H groups in total. The molecule has 0 atom stereocenters. The SMILES string of the molecule is CC1(C)c2ccccc2-c2ccc(N(c3ccc(-c4cccc(-c5ccccc5)c4)cc3)c3ccc(-c4cccc5oc6c7ccccc7ccc6c45)cc3)cc21. The van der Waals surface area contributed by atoms with Crippen molar-refractivity contribution in [2.45, 2.75) is 19.3 Å². The monoisotopic (exact) mass is 729 g/mol. The summed E-state index contributed by atoms with van der Waals surface area (Å²) in [4.78, 5) is 2.40. The highest BCUT2D eigenvalue weighted by atomic mass is 16.3. The van der Waals surface area contributed by atoms with Gasteiger partial charge in [-0.2, -0.15) is 0 Å². The van der Waals surface area contributed by atoms with Crippen molar-refractivity contribution >= 4 is 49.8 Å². The number of rotatable bonds is 6. The third-order valence-electron chi connectivity index (χ3n) is 12.1. The first kappa shape index (κ1) is 33.2. The molecule has 0 fully saturated rings. The van der Waals surface area contributed by atoms with Crippen LogP contribution in [-0.2, 0) is 5.41 Å². The van der Waals surface area contributed by atoms with E-state index in [2.05, 4.69) is 219 Å². The van der Waals surface area contributed by atoms with Crippen molar-refractivity contribution in [3.05, 3.63) is 211 Å².